The first kappa shape index (κ1) is 23.4. The van der Waals surface area contributed by atoms with Crippen molar-refractivity contribution >= 4 is 71.6 Å². The molecule has 1 N–H and O–H groups in total. The summed E-state index contributed by atoms with van der Waals surface area (Å²) in [5, 5.41) is 4.13. The van der Waals surface area contributed by atoms with E-state index in [2.05, 4.69) is 40.1 Å². The summed E-state index contributed by atoms with van der Waals surface area (Å²) in [6, 6.07) is 13.2. The van der Waals surface area contributed by atoms with E-state index in [4.69, 9.17) is 16.6 Å². The molecule has 5 rings (SSSR count). The number of benzene rings is 2. The number of nitrogens with one attached hydrogen (secondary N) is 1. The number of aromatic nitrogens is 1. The van der Waals surface area contributed by atoms with Crippen LogP contribution in [0.3, 0.4) is 0 Å². The number of nitrogens with zero attached hydrogens (tertiary/aromatic N) is 2. The fraction of sp³-hybridized carbons (Fsp3) is 0.308. The van der Waals surface area contributed by atoms with Crippen molar-refractivity contribution in [3.63, 3.8) is 0 Å². The summed E-state index contributed by atoms with van der Waals surface area (Å²) in [7, 11) is 0. The zero-order valence-corrected chi connectivity index (χ0v) is 22.1. The molecule has 3 aromatic rings. The Morgan fingerprint density at radius 2 is 1.91 bits per heavy atom. The van der Waals surface area contributed by atoms with E-state index in [-0.39, 0.29) is 17.1 Å². The van der Waals surface area contributed by atoms with Gasteiger partial charge in [0.15, 0.2) is 10.9 Å². The number of Topliss-reactive ketones (excluding diaryl/α,β-unsaturated/α-hetero) is 1. The van der Waals surface area contributed by atoms with Crippen LogP contribution in [0, 0.1) is 11.3 Å². The van der Waals surface area contributed by atoms with E-state index < -0.39 is 11.8 Å². The Morgan fingerprint density at radius 3 is 2.65 bits per heavy atom. The third kappa shape index (κ3) is 4.37. The summed E-state index contributed by atoms with van der Waals surface area (Å²) in [6.07, 6.45) is 1.14. The van der Waals surface area contributed by atoms with Crippen molar-refractivity contribution in [1.82, 2.24) is 4.98 Å². The average Bonchev–Trinajstić information content (AvgIpc) is 3.13. The third-order valence-corrected chi connectivity index (χ3v) is 8.07. The quantitative estimate of drug-likeness (QED) is 0.372. The van der Waals surface area contributed by atoms with Crippen LogP contribution in [-0.2, 0) is 9.59 Å². The molecule has 0 saturated carbocycles. The van der Waals surface area contributed by atoms with Gasteiger partial charge in [0, 0.05) is 38.8 Å². The largest absolute Gasteiger partial charge is 0.301 e. The highest BCUT2D eigenvalue weighted by Crippen LogP contribution is 2.48. The monoisotopic (exact) mass is 555 g/mol. The van der Waals surface area contributed by atoms with Gasteiger partial charge in [-0.3, -0.25) is 14.6 Å². The summed E-state index contributed by atoms with van der Waals surface area (Å²) in [6.45, 7) is 6.04. The van der Waals surface area contributed by atoms with Crippen LogP contribution in [0.5, 0.6) is 0 Å². The molecular formula is C26H23BrClN3O2S. The fourth-order valence-corrected chi connectivity index (χ4v) is 6.50. The second kappa shape index (κ2) is 8.70. The smallest absolute Gasteiger partial charge is 0.235 e. The molecule has 0 bridgehead atoms. The number of anilines is 1. The molecule has 2 atom stereocenters. The fourth-order valence-electron chi connectivity index (χ4n) is 4.95. The number of aliphatic imine (C=N–C) groups is 1. The van der Waals surface area contributed by atoms with Gasteiger partial charge in [0.25, 0.3) is 0 Å². The van der Waals surface area contributed by atoms with Crippen molar-refractivity contribution in [1.29, 1.82) is 0 Å². The van der Waals surface area contributed by atoms with Gasteiger partial charge in [0.05, 0.1) is 16.1 Å². The molecule has 0 saturated heterocycles. The van der Waals surface area contributed by atoms with Crippen molar-refractivity contribution < 1.29 is 9.59 Å². The molecule has 2 aliphatic rings. The molecule has 0 fully saturated rings. The highest BCUT2D eigenvalue weighted by Gasteiger charge is 2.45. The van der Waals surface area contributed by atoms with Crippen LogP contribution in [0.25, 0.3) is 10.2 Å². The molecule has 5 nitrogen and oxygen atoms in total. The second-order valence-corrected chi connectivity index (χ2v) is 12.1. The number of hydrogen-bond donors (Lipinski definition) is 1. The van der Waals surface area contributed by atoms with Crippen molar-refractivity contribution in [2.75, 3.05) is 5.32 Å². The minimum Gasteiger partial charge on any atom is -0.301 e. The molecule has 1 unspecified atom stereocenters. The van der Waals surface area contributed by atoms with Gasteiger partial charge in [-0.25, -0.2) is 4.98 Å². The summed E-state index contributed by atoms with van der Waals surface area (Å²) in [5.74, 6) is -1.20. The van der Waals surface area contributed by atoms with Crippen LogP contribution in [0.1, 0.15) is 45.1 Å². The lowest BCUT2D eigenvalue weighted by molar-refractivity contribution is -0.119. The van der Waals surface area contributed by atoms with Crippen molar-refractivity contribution in [3.05, 3.63) is 68.8 Å². The maximum Gasteiger partial charge on any atom is 0.235 e. The Morgan fingerprint density at radius 1 is 1.18 bits per heavy atom. The lowest BCUT2D eigenvalue weighted by Gasteiger charge is -2.39. The topological polar surface area (TPSA) is 71.4 Å². The van der Waals surface area contributed by atoms with Crippen LogP contribution in [-0.4, -0.2) is 22.4 Å². The van der Waals surface area contributed by atoms with E-state index >= 15 is 0 Å². The van der Waals surface area contributed by atoms with Gasteiger partial charge in [-0.05, 0) is 54.7 Å². The summed E-state index contributed by atoms with van der Waals surface area (Å²) >= 11 is 11.0. The lowest BCUT2D eigenvalue weighted by Crippen LogP contribution is -2.41. The second-order valence-electron chi connectivity index (χ2n) is 9.68. The summed E-state index contributed by atoms with van der Waals surface area (Å²) < 4.78 is 1.93. The molecule has 0 radical (unpaired) electrons. The molecule has 2 heterocycles. The van der Waals surface area contributed by atoms with Gasteiger partial charge < -0.3 is 5.32 Å². The summed E-state index contributed by atoms with van der Waals surface area (Å²) in [4.78, 5) is 36.4. The van der Waals surface area contributed by atoms with E-state index in [9.17, 15) is 9.59 Å². The van der Waals surface area contributed by atoms with Gasteiger partial charge in [0.2, 0.25) is 5.91 Å². The molecule has 1 aliphatic carbocycles. The number of carbonyl (C=O) groups excluding carboxylic acids is 2. The van der Waals surface area contributed by atoms with Crippen LogP contribution in [0.4, 0.5) is 5.13 Å². The minimum atomic E-state index is -0.621. The van der Waals surface area contributed by atoms with Crippen molar-refractivity contribution in [2.24, 2.45) is 16.3 Å². The third-order valence-electron chi connectivity index (χ3n) is 6.39. The molecule has 0 spiro atoms. The number of hydrogen-bond acceptors (Lipinski definition) is 5. The maximum absolute atomic E-state index is 13.7. The van der Waals surface area contributed by atoms with Gasteiger partial charge in [-0.2, -0.15) is 0 Å². The molecular weight excluding hydrogens is 534 g/mol. The highest BCUT2D eigenvalue weighted by atomic mass is 79.9. The molecule has 1 amide bonds. The highest BCUT2D eigenvalue weighted by molar-refractivity contribution is 9.10. The maximum atomic E-state index is 13.7. The number of amides is 1. The molecule has 1 aliphatic heterocycles. The number of fused-ring (bicyclic) bond motifs is 1. The standard InChI is InChI=1S/C26H23BrClN3O2S/c1-13-21(24(33)31-25-30-17-9-6-15(27)10-20(17)34-25)22(14-4-7-16(28)8-5-14)23-18(29-13)11-26(2,3)12-19(23)32/h4-10,21-22H,11-12H2,1-3H3,(H,30,31,33)/t21?,22-/m1/s1. The zero-order chi connectivity index (χ0) is 24.2. The Labute approximate surface area is 215 Å². The normalized spacial score (nSPS) is 21.9. The summed E-state index contributed by atoms with van der Waals surface area (Å²) in [5.41, 5.74) is 3.70. The lowest BCUT2D eigenvalue weighted by atomic mass is 9.66. The van der Waals surface area contributed by atoms with Crippen LogP contribution in [0.2, 0.25) is 5.02 Å². The van der Waals surface area contributed by atoms with Crippen molar-refractivity contribution in [2.45, 2.75) is 39.5 Å². The number of ketones is 1. The minimum absolute atomic E-state index is 0.0603. The van der Waals surface area contributed by atoms with Crippen LogP contribution < -0.4 is 5.32 Å². The Hall–Kier alpha value is -2.35. The van der Waals surface area contributed by atoms with E-state index in [0.717, 1.165) is 25.9 Å². The van der Waals surface area contributed by atoms with Gasteiger partial charge in [0.1, 0.15) is 0 Å². The first-order chi connectivity index (χ1) is 16.1. The van der Waals surface area contributed by atoms with E-state index in [0.29, 0.717) is 34.3 Å². The molecule has 34 heavy (non-hydrogen) atoms. The molecule has 174 valence electrons. The van der Waals surface area contributed by atoms with Gasteiger partial charge >= 0.3 is 0 Å². The predicted molar refractivity (Wildman–Crippen MR) is 142 cm³/mol. The number of thiazole rings is 1. The number of halogens is 2. The molecule has 1 aromatic heterocycles. The zero-order valence-electron chi connectivity index (χ0n) is 19.0. The molecule has 8 heteroatoms. The number of rotatable bonds is 3. The van der Waals surface area contributed by atoms with Crippen LogP contribution in [0.15, 0.2) is 63.2 Å². The number of allylic oxidation sites excluding steroid dienone is 2. The Kier molecular flexibility index (Phi) is 5.99. The molecule has 2 aromatic carbocycles. The van der Waals surface area contributed by atoms with E-state index in [1.54, 1.807) is 12.1 Å². The van der Waals surface area contributed by atoms with Crippen molar-refractivity contribution in [3.8, 4) is 0 Å². The van der Waals surface area contributed by atoms with Gasteiger partial charge in [-0.1, -0.05) is 64.8 Å². The predicted octanol–water partition coefficient (Wildman–Crippen LogP) is 7.17. The first-order valence-electron chi connectivity index (χ1n) is 11.1. The van der Waals surface area contributed by atoms with Gasteiger partial charge in [-0.15, -0.1) is 0 Å². The van der Waals surface area contributed by atoms with Crippen LogP contribution >= 0.6 is 38.9 Å². The van der Waals surface area contributed by atoms with E-state index in [1.165, 1.54) is 11.3 Å². The number of carbonyl (C=O) groups is 2. The first-order valence-corrected chi connectivity index (χ1v) is 13.0. The van der Waals surface area contributed by atoms with E-state index in [1.807, 2.05) is 37.3 Å². The Balaban J connectivity index is 1.56. The Bertz CT molecular complexity index is 1390. The SMILES string of the molecule is CC1=NC2=C(C(=O)CC(C)(C)C2)[C@H](c2ccc(Cl)cc2)C1C(=O)Nc1nc2ccc(Br)cc2s1. The average molecular weight is 557 g/mol.